The Hall–Kier alpha value is -3.78. The van der Waals surface area contributed by atoms with Crippen molar-refractivity contribution >= 4 is 46.7 Å². The van der Waals surface area contributed by atoms with E-state index in [1.165, 1.54) is 9.80 Å². The van der Waals surface area contributed by atoms with Crippen molar-refractivity contribution in [3.05, 3.63) is 84.4 Å². The van der Waals surface area contributed by atoms with E-state index in [2.05, 4.69) is 10.6 Å². The number of carbonyl (C=O) groups is 3. The van der Waals surface area contributed by atoms with Gasteiger partial charge >= 0.3 is 6.03 Å². The van der Waals surface area contributed by atoms with Gasteiger partial charge < -0.3 is 10.6 Å². The molecule has 7 nitrogen and oxygen atoms in total. The second kappa shape index (κ2) is 10.2. The highest BCUT2D eigenvalue weighted by Gasteiger charge is 2.33. The van der Waals surface area contributed by atoms with E-state index in [1.807, 2.05) is 48.7 Å². The van der Waals surface area contributed by atoms with Crippen molar-refractivity contribution in [3.8, 4) is 0 Å². The number of carbonyl (C=O) groups excluding carboxylic acids is 3. The molecule has 0 saturated carbocycles. The number of amides is 4. The summed E-state index contributed by atoms with van der Waals surface area (Å²) >= 11 is 1.66. The largest absolute Gasteiger partial charge is 0.350 e. The molecule has 1 heterocycles. The zero-order chi connectivity index (χ0) is 23.2. The Morgan fingerprint density at radius 2 is 1.58 bits per heavy atom. The average molecular weight is 461 g/mol. The van der Waals surface area contributed by atoms with Crippen LogP contribution in [0.25, 0.3) is 0 Å². The van der Waals surface area contributed by atoms with E-state index in [0.29, 0.717) is 23.6 Å². The summed E-state index contributed by atoms with van der Waals surface area (Å²) in [5, 5.41) is 5.68. The zero-order valence-electron chi connectivity index (χ0n) is 18.2. The maximum absolute atomic E-state index is 12.9. The molecule has 0 aliphatic carbocycles. The summed E-state index contributed by atoms with van der Waals surface area (Å²) in [7, 11) is 0. The Morgan fingerprint density at radius 1 is 0.909 bits per heavy atom. The smallest absolute Gasteiger partial charge is 0.326 e. The molecule has 1 aliphatic rings. The molecule has 0 aromatic heterocycles. The van der Waals surface area contributed by atoms with E-state index in [0.717, 1.165) is 10.5 Å². The van der Waals surface area contributed by atoms with Crippen LogP contribution in [0.2, 0.25) is 0 Å². The minimum atomic E-state index is -0.403. The molecule has 4 amide bonds. The van der Waals surface area contributed by atoms with E-state index < -0.39 is 6.03 Å². The van der Waals surface area contributed by atoms with E-state index in [-0.39, 0.29) is 24.9 Å². The molecule has 4 rings (SSSR count). The lowest BCUT2D eigenvalue weighted by atomic mass is 10.1. The van der Waals surface area contributed by atoms with Crippen LogP contribution in [0.5, 0.6) is 0 Å². The summed E-state index contributed by atoms with van der Waals surface area (Å²) in [6.07, 6.45) is 2.01. The summed E-state index contributed by atoms with van der Waals surface area (Å²) in [6, 6.07) is 23.7. The summed E-state index contributed by atoms with van der Waals surface area (Å²) in [5.74, 6) is -0.592. The third-order valence-electron chi connectivity index (χ3n) is 5.28. The first kappa shape index (κ1) is 22.4. The van der Waals surface area contributed by atoms with Gasteiger partial charge in [0, 0.05) is 17.1 Å². The molecule has 3 aromatic carbocycles. The zero-order valence-corrected chi connectivity index (χ0v) is 19.0. The van der Waals surface area contributed by atoms with E-state index in [4.69, 9.17) is 0 Å². The third-order valence-corrected chi connectivity index (χ3v) is 6.02. The van der Waals surface area contributed by atoms with Gasteiger partial charge in [-0.1, -0.05) is 42.5 Å². The van der Waals surface area contributed by atoms with Crippen molar-refractivity contribution in [2.24, 2.45) is 0 Å². The number of fused-ring (bicyclic) bond motifs is 1. The maximum Gasteiger partial charge on any atom is 0.326 e. The van der Waals surface area contributed by atoms with Crippen molar-refractivity contribution in [3.63, 3.8) is 0 Å². The highest BCUT2D eigenvalue weighted by molar-refractivity contribution is 7.98. The number of para-hydroxylation sites is 3. The Morgan fingerprint density at radius 3 is 2.27 bits per heavy atom. The molecular formula is C25H24N4O3S. The highest BCUT2D eigenvalue weighted by atomic mass is 32.2. The molecule has 0 bridgehead atoms. The minimum absolute atomic E-state index is 0.118. The summed E-state index contributed by atoms with van der Waals surface area (Å²) in [5.41, 5.74) is 2.72. The van der Waals surface area contributed by atoms with E-state index in [1.54, 1.807) is 48.2 Å². The number of anilines is 3. The molecule has 33 heavy (non-hydrogen) atoms. The van der Waals surface area contributed by atoms with Crippen molar-refractivity contribution < 1.29 is 14.4 Å². The van der Waals surface area contributed by atoms with Gasteiger partial charge in [-0.05, 0) is 48.2 Å². The number of nitrogens with one attached hydrogen (secondary N) is 2. The van der Waals surface area contributed by atoms with Crippen LogP contribution in [0.15, 0.2) is 83.8 Å². The number of thioether (sulfide) groups is 1. The van der Waals surface area contributed by atoms with Gasteiger partial charge in [0.25, 0.3) is 0 Å². The average Bonchev–Trinajstić information content (AvgIpc) is 2.85. The van der Waals surface area contributed by atoms with Gasteiger partial charge in [0.2, 0.25) is 11.8 Å². The Balaban J connectivity index is 1.44. The third kappa shape index (κ3) is 5.35. The molecule has 0 spiro atoms. The Kier molecular flexibility index (Phi) is 6.95. The van der Waals surface area contributed by atoms with Gasteiger partial charge in [-0.25, -0.2) is 4.79 Å². The topological polar surface area (TPSA) is 81.8 Å². The number of benzene rings is 3. The molecule has 0 radical (unpaired) electrons. The van der Waals surface area contributed by atoms with Gasteiger partial charge in [-0.15, -0.1) is 11.8 Å². The van der Waals surface area contributed by atoms with E-state index >= 15 is 0 Å². The quantitative estimate of drug-likeness (QED) is 0.543. The number of urea groups is 1. The minimum Gasteiger partial charge on any atom is -0.350 e. The maximum atomic E-state index is 12.9. The number of nitrogens with zero attached hydrogens (tertiary/aromatic N) is 2. The van der Waals surface area contributed by atoms with Gasteiger partial charge in [0.15, 0.2) is 0 Å². The van der Waals surface area contributed by atoms with Crippen LogP contribution in [0.3, 0.4) is 0 Å². The molecule has 1 aliphatic heterocycles. The van der Waals surface area contributed by atoms with Gasteiger partial charge in [0.05, 0.1) is 11.4 Å². The SMILES string of the molecule is CSc1ccc(CNC(=O)CN2C(=O)CN(C(=O)Nc3ccccc3)c3ccccc32)cc1. The first-order valence-electron chi connectivity index (χ1n) is 10.5. The van der Waals surface area contributed by atoms with Crippen LogP contribution in [-0.2, 0) is 16.1 Å². The molecule has 168 valence electrons. The second-order valence-electron chi connectivity index (χ2n) is 7.48. The Bertz CT molecular complexity index is 1150. The molecule has 0 atom stereocenters. The molecule has 8 heteroatoms. The van der Waals surface area contributed by atoms with Gasteiger partial charge in [0.1, 0.15) is 13.1 Å². The molecule has 2 N–H and O–H groups in total. The van der Waals surface area contributed by atoms with Crippen LogP contribution >= 0.6 is 11.8 Å². The van der Waals surface area contributed by atoms with Crippen molar-refractivity contribution in [2.45, 2.75) is 11.4 Å². The van der Waals surface area contributed by atoms with Crippen molar-refractivity contribution in [1.82, 2.24) is 5.32 Å². The standard InChI is InChI=1S/C25H24N4O3S/c1-33-20-13-11-18(12-14-20)15-26-23(30)16-28-21-9-5-6-10-22(21)29(17-24(28)31)25(32)27-19-7-3-2-4-8-19/h2-14H,15-17H2,1H3,(H,26,30)(H,27,32). The van der Waals surface area contributed by atoms with Gasteiger partial charge in [-0.2, -0.15) is 0 Å². The lowest BCUT2D eigenvalue weighted by molar-refractivity contribution is -0.123. The molecule has 0 saturated heterocycles. The van der Waals surface area contributed by atoms with Crippen molar-refractivity contribution in [1.29, 1.82) is 0 Å². The van der Waals surface area contributed by atoms with Crippen LogP contribution in [0.1, 0.15) is 5.56 Å². The number of hydrogen-bond donors (Lipinski definition) is 2. The normalized spacial score (nSPS) is 12.8. The Labute approximate surface area is 196 Å². The van der Waals surface area contributed by atoms with Crippen molar-refractivity contribution in [2.75, 3.05) is 34.5 Å². The van der Waals surface area contributed by atoms with Gasteiger partial charge in [-0.3, -0.25) is 19.4 Å². The first-order chi connectivity index (χ1) is 16.0. The van der Waals surface area contributed by atoms with Crippen LogP contribution in [0.4, 0.5) is 21.9 Å². The molecule has 0 unspecified atom stereocenters. The summed E-state index contributed by atoms with van der Waals surface area (Å²) < 4.78 is 0. The fourth-order valence-electron chi connectivity index (χ4n) is 3.57. The number of hydrogen-bond acceptors (Lipinski definition) is 4. The highest BCUT2D eigenvalue weighted by Crippen LogP contribution is 2.33. The molecular weight excluding hydrogens is 436 g/mol. The monoisotopic (exact) mass is 460 g/mol. The second-order valence-corrected chi connectivity index (χ2v) is 8.36. The lowest BCUT2D eigenvalue weighted by Gasteiger charge is -2.35. The molecule has 0 fully saturated rings. The predicted octanol–water partition coefficient (Wildman–Crippen LogP) is 4.11. The predicted molar refractivity (Wildman–Crippen MR) is 132 cm³/mol. The summed E-state index contributed by atoms with van der Waals surface area (Å²) in [4.78, 5) is 42.4. The molecule has 3 aromatic rings. The van der Waals surface area contributed by atoms with Crippen LogP contribution in [0, 0.1) is 0 Å². The van der Waals surface area contributed by atoms with Crippen LogP contribution in [-0.4, -0.2) is 37.2 Å². The van der Waals surface area contributed by atoms with E-state index in [9.17, 15) is 14.4 Å². The number of rotatable bonds is 6. The summed E-state index contributed by atoms with van der Waals surface area (Å²) in [6.45, 7) is 0.106. The fourth-order valence-corrected chi connectivity index (χ4v) is 3.98. The lowest BCUT2D eigenvalue weighted by Crippen LogP contribution is -2.51. The van der Waals surface area contributed by atoms with Crippen LogP contribution < -0.4 is 20.4 Å². The fraction of sp³-hybridized carbons (Fsp3) is 0.160. The first-order valence-corrected chi connectivity index (χ1v) is 11.7.